The van der Waals surface area contributed by atoms with E-state index >= 15 is 0 Å². The van der Waals surface area contributed by atoms with Crippen LogP contribution in [0.3, 0.4) is 0 Å². The number of benzene rings is 4. The van der Waals surface area contributed by atoms with Crippen LogP contribution in [0, 0.1) is 19.3 Å². The predicted octanol–water partition coefficient (Wildman–Crippen LogP) is 6.48. The van der Waals surface area contributed by atoms with Crippen LogP contribution >= 0.6 is 0 Å². The molecule has 0 fully saturated rings. The second-order valence-electron chi connectivity index (χ2n) is 13.8. The van der Waals surface area contributed by atoms with Crippen LogP contribution in [-0.4, -0.2) is 63.8 Å². The molecular formula is C41H43N5O6S. The molecule has 11 nitrogen and oxygen atoms in total. The van der Waals surface area contributed by atoms with Crippen molar-refractivity contribution < 1.29 is 27.5 Å². The van der Waals surface area contributed by atoms with Crippen LogP contribution in [0.25, 0.3) is 22.0 Å². The maximum atomic E-state index is 13.7. The van der Waals surface area contributed by atoms with Crippen LogP contribution in [0.1, 0.15) is 69.6 Å². The van der Waals surface area contributed by atoms with Crippen LogP contribution in [0.4, 0.5) is 11.4 Å². The molecule has 0 spiro atoms. The van der Waals surface area contributed by atoms with Crippen molar-refractivity contribution in [3.8, 4) is 29.2 Å². The van der Waals surface area contributed by atoms with Gasteiger partial charge in [-0.2, -0.15) is 0 Å². The number of sulfonamides is 1. The lowest BCUT2D eigenvalue weighted by Gasteiger charge is -2.24. The number of methoxy groups -OCH3 is 2. The highest BCUT2D eigenvalue weighted by atomic mass is 32.2. The molecule has 0 aliphatic heterocycles. The normalized spacial score (nSPS) is 11.5. The van der Waals surface area contributed by atoms with E-state index in [4.69, 9.17) is 20.9 Å². The van der Waals surface area contributed by atoms with Crippen LogP contribution < -0.4 is 20.1 Å². The van der Waals surface area contributed by atoms with Crippen LogP contribution in [0.2, 0.25) is 0 Å². The number of nitrogens with zero attached hydrogens (tertiary/aromatic N) is 2. The summed E-state index contributed by atoms with van der Waals surface area (Å²) in [5.41, 5.74) is 6.69. The largest absolute Gasteiger partial charge is 0.492 e. The monoisotopic (exact) mass is 733 g/mol. The molecule has 1 heterocycles. The topological polar surface area (TPSA) is 149 Å². The Morgan fingerprint density at radius 1 is 0.925 bits per heavy atom. The minimum Gasteiger partial charge on any atom is -0.492 e. The molecule has 0 atom stereocenters. The summed E-state index contributed by atoms with van der Waals surface area (Å²) in [6.07, 6.45) is 8.87. The van der Waals surface area contributed by atoms with E-state index in [1.165, 1.54) is 7.11 Å². The number of anilines is 2. The Kier molecular flexibility index (Phi) is 11.5. The zero-order valence-corrected chi connectivity index (χ0v) is 31.7. The third kappa shape index (κ3) is 9.57. The third-order valence-corrected chi connectivity index (χ3v) is 9.11. The number of ether oxygens (including phenoxy) is 2. The summed E-state index contributed by atoms with van der Waals surface area (Å²) in [4.78, 5) is 35.8. The lowest BCUT2D eigenvalue weighted by Crippen LogP contribution is -2.27. The van der Waals surface area contributed by atoms with Gasteiger partial charge in [-0.25, -0.2) is 18.4 Å². The number of amides is 2. The second kappa shape index (κ2) is 15.9. The molecule has 4 aromatic carbocycles. The van der Waals surface area contributed by atoms with E-state index in [0.29, 0.717) is 47.8 Å². The summed E-state index contributed by atoms with van der Waals surface area (Å²) in [7, 11) is -0.636. The maximum absolute atomic E-state index is 13.7. The number of carbonyl (C=O) groups excluding carboxylic acids is 2. The van der Waals surface area contributed by atoms with E-state index in [9.17, 15) is 18.0 Å². The summed E-state index contributed by atoms with van der Waals surface area (Å²) in [5.74, 6) is 2.76. The first-order valence-corrected chi connectivity index (χ1v) is 18.7. The smallest absolute Gasteiger partial charge is 0.255 e. The summed E-state index contributed by atoms with van der Waals surface area (Å²) < 4.78 is 37.4. The zero-order chi connectivity index (χ0) is 38.5. The van der Waals surface area contributed by atoms with Gasteiger partial charge in [0.1, 0.15) is 5.82 Å². The summed E-state index contributed by atoms with van der Waals surface area (Å²) in [6, 6.07) is 20.1. The number of nitrogens with one attached hydrogen (secondary N) is 3. The Hall–Kier alpha value is -5.77. The second-order valence-corrected chi connectivity index (χ2v) is 15.5. The number of aromatic nitrogens is 2. The van der Waals surface area contributed by atoms with E-state index < -0.39 is 10.0 Å². The van der Waals surface area contributed by atoms with Gasteiger partial charge >= 0.3 is 0 Å². The van der Waals surface area contributed by atoms with Crippen molar-refractivity contribution in [3.63, 3.8) is 0 Å². The molecule has 0 radical (unpaired) electrons. The Balaban J connectivity index is 1.41. The molecule has 0 bridgehead atoms. The molecule has 0 aliphatic rings. The third-order valence-electron chi connectivity index (χ3n) is 8.52. The number of aryl methyl sites for hydroxylation is 1. The van der Waals surface area contributed by atoms with E-state index in [0.717, 1.165) is 45.0 Å². The molecule has 5 rings (SSSR count). The molecule has 274 valence electrons. The molecule has 0 unspecified atom stereocenters. The van der Waals surface area contributed by atoms with Gasteiger partial charge in [-0.3, -0.25) is 14.3 Å². The molecule has 0 aliphatic carbocycles. The van der Waals surface area contributed by atoms with Crippen LogP contribution in [0.5, 0.6) is 5.75 Å². The molecule has 1 aromatic heterocycles. The zero-order valence-electron chi connectivity index (χ0n) is 30.9. The first kappa shape index (κ1) is 38.5. The molecule has 53 heavy (non-hydrogen) atoms. The average molecular weight is 734 g/mol. The highest BCUT2D eigenvalue weighted by Crippen LogP contribution is 2.39. The van der Waals surface area contributed by atoms with Crippen molar-refractivity contribution in [3.05, 3.63) is 112 Å². The molecule has 3 N–H and O–H groups in total. The van der Waals surface area contributed by atoms with E-state index in [-0.39, 0.29) is 28.7 Å². The van der Waals surface area contributed by atoms with Gasteiger partial charge in [-0.1, -0.05) is 38.8 Å². The quantitative estimate of drug-likeness (QED) is 0.0975. The van der Waals surface area contributed by atoms with Crippen molar-refractivity contribution in [2.45, 2.75) is 39.5 Å². The molecule has 12 heteroatoms. The minimum absolute atomic E-state index is 0.200. The lowest BCUT2D eigenvalue weighted by molar-refractivity contribution is 0.0936. The first-order valence-electron chi connectivity index (χ1n) is 16.8. The fraction of sp³-hybridized carbons (Fsp3) is 0.268. The molecule has 5 aromatic rings. The first-order chi connectivity index (χ1) is 25.1. The molecule has 0 saturated carbocycles. The Bertz CT molecular complexity index is 2360. The number of hydrogen-bond donors (Lipinski definition) is 3. The molecular weight excluding hydrogens is 691 g/mol. The van der Waals surface area contributed by atoms with E-state index in [1.807, 2.05) is 64.1 Å². The van der Waals surface area contributed by atoms with Gasteiger partial charge in [0, 0.05) is 48.3 Å². The van der Waals surface area contributed by atoms with Crippen molar-refractivity contribution in [2.75, 3.05) is 43.7 Å². The number of fused-ring (bicyclic) bond motifs is 1. The highest BCUT2D eigenvalue weighted by molar-refractivity contribution is 7.92. The summed E-state index contributed by atoms with van der Waals surface area (Å²) >= 11 is 0. The fourth-order valence-electron chi connectivity index (χ4n) is 5.80. The number of hydrogen-bond acceptors (Lipinski definition) is 8. The standard InChI is InChI=1S/C41H43N5O6S/c1-9-26-16-27(18-30(17-26)39(47)42-14-15-51-6)19-37-43-24-31-20-28(12-13-34(31)44-37)33-21-29(11-10-25(33)2)40(48)45-35-22-32(41(3,4)5)23-36(38(35)52-7)46-53(8,49)50/h1,10-13,16-18,20-24,46H,14-15,19H2,2-8H3,(H,42,47)(H,45,48). The number of terminal acetylenes is 1. The van der Waals surface area contributed by atoms with Crippen LogP contribution in [-0.2, 0) is 26.6 Å². The van der Waals surface area contributed by atoms with Gasteiger partial charge < -0.3 is 20.1 Å². The Morgan fingerprint density at radius 3 is 2.36 bits per heavy atom. The predicted molar refractivity (Wildman–Crippen MR) is 209 cm³/mol. The SMILES string of the molecule is C#Cc1cc(Cc2ncc3cc(-c4cc(C(=O)Nc5cc(C(C)(C)C)cc(NS(C)(=O)=O)c5OC)ccc4C)ccc3n2)cc(C(=O)NCCOC)c1. The van der Waals surface area contributed by atoms with Crippen molar-refractivity contribution >= 4 is 44.1 Å². The van der Waals surface area contributed by atoms with E-state index in [1.54, 1.807) is 43.6 Å². The summed E-state index contributed by atoms with van der Waals surface area (Å²) in [6.45, 7) is 8.74. The molecule has 0 saturated heterocycles. The lowest BCUT2D eigenvalue weighted by atomic mass is 9.86. The van der Waals surface area contributed by atoms with E-state index in [2.05, 4.69) is 26.3 Å². The number of rotatable bonds is 12. The van der Waals surface area contributed by atoms with Crippen molar-refractivity contribution in [1.82, 2.24) is 15.3 Å². The molecule has 2 amide bonds. The van der Waals surface area contributed by atoms with Gasteiger partial charge in [0.15, 0.2) is 5.75 Å². The highest BCUT2D eigenvalue weighted by Gasteiger charge is 2.23. The van der Waals surface area contributed by atoms with Gasteiger partial charge in [0.2, 0.25) is 10.0 Å². The van der Waals surface area contributed by atoms with Crippen LogP contribution in [0.15, 0.2) is 72.9 Å². The Labute approximate surface area is 310 Å². The van der Waals surface area contributed by atoms with Crippen molar-refractivity contribution in [1.29, 1.82) is 0 Å². The minimum atomic E-state index is -3.63. The maximum Gasteiger partial charge on any atom is 0.255 e. The van der Waals surface area contributed by atoms with Gasteiger partial charge in [-0.15, -0.1) is 6.42 Å². The van der Waals surface area contributed by atoms with Gasteiger partial charge in [0.05, 0.1) is 36.9 Å². The summed E-state index contributed by atoms with van der Waals surface area (Å²) in [5, 5.41) is 6.57. The fourth-order valence-corrected chi connectivity index (χ4v) is 6.35. The Morgan fingerprint density at radius 2 is 1.68 bits per heavy atom. The number of carbonyl (C=O) groups is 2. The van der Waals surface area contributed by atoms with Gasteiger partial charge in [0.25, 0.3) is 11.8 Å². The average Bonchev–Trinajstić information content (AvgIpc) is 3.10. The van der Waals surface area contributed by atoms with Crippen molar-refractivity contribution in [2.24, 2.45) is 0 Å². The van der Waals surface area contributed by atoms with Gasteiger partial charge in [-0.05, 0) is 94.8 Å².